The summed E-state index contributed by atoms with van der Waals surface area (Å²) in [6.07, 6.45) is -4.83. The van der Waals surface area contributed by atoms with Crippen LogP contribution in [0.5, 0.6) is 5.75 Å². The number of ether oxygens (including phenoxy) is 1. The monoisotopic (exact) mass is 528 g/mol. The molecular formula is C21H16BrF3N2O4S. The van der Waals surface area contributed by atoms with Crippen molar-refractivity contribution >= 4 is 43.2 Å². The van der Waals surface area contributed by atoms with E-state index in [4.69, 9.17) is 0 Å². The van der Waals surface area contributed by atoms with Crippen LogP contribution in [0.1, 0.15) is 0 Å². The van der Waals surface area contributed by atoms with Crippen LogP contribution in [0.3, 0.4) is 0 Å². The summed E-state index contributed by atoms with van der Waals surface area (Å²) in [4.78, 5) is 12.6. The second-order valence-corrected chi connectivity index (χ2v) is 9.20. The number of sulfonamides is 1. The minimum Gasteiger partial charge on any atom is -0.406 e. The zero-order chi connectivity index (χ0) is 23.4. The fraction of sp³-hybridized carbons (Fsp3) is 0.0952. The summed E-state index contributed by atoms with van der Waals surface area (Å²) in [6.45, 7) is -0.556. The predicted molar refractivity (Wildman–Crippen MR) is 117 cm³/mol. The van der Waals surface area contributed by atoms with Gasteiger partial charge in [0.2, 0.25) is 5.91 Å². The van der Waals surface area contributed by atoms with Gasteiger partial charge in [-0.2, -0.15) is 0 Å². The molecular weight excluding hydrogens is 513 g/mol. The van der Waals surface area contributed by atoms with Gasteiger partial charge < -0.3 is 10.1 Å². The van der Waals surface area contributed by atoms with Crippen molar-refractivity contribution < 1.29 is 31.1 Å². The summed E-state index contributed by atoms with van der Waals surface area (Å²) in [7, 11) is -4.07. The zero-order valence-electron chi connectivity index (χ0n) is 16.2. The van der Waals surface area contributed by atoms with Crippen molar-refractivity contribution in [1.29, 1.82) is 0 Å². The highest BCUT2D eigenvalue weighted by Gasteiger charge is 2.31. The number of amides is 1. The summed E-state index contributed by atoms with van der Waals surface area (Å²) in [5.74, 6) is -1.13. The van der Waals surface area contributed by atoms with E-state index in [9.17, 15) is 26.4 Å². The molecule has 0 unspecified atom stereocenters. The van der Waals surface area contributed by atoms with Crippen LogP contribution in [0.15, 0.2) is 88.2 Å². The number of benzene rings is 3. The second-order valence-electron chi connectivity index (χ2n) is 6.42. The topological polar surface area (TPSA) is 75.7 Å². The average molecular weight is 529 g/mol. The van der Waals surface area contributed by atoms with Crippen LogP contribution in [0.2, 0.25) is 0 Å². The Morgan fingerprint density at radius 3 is 2.09 bits per heavy atom. The van der Waals surface area contributed by atoms with Gasteiger partial charge in [0.05, 0.1) is 10.6 Å². The molecule has 0 atom stereocenters. The normalized spacial score (nSPS) is 11.6. The lowest BCUT2D eigenvalue weighted by atomic mass is 10.3. The molecule has 0 spiro atoms. The van der Waals surface area contributed by atoms with Gasteiger partial charge >= 0.3 is 6.36 Å². The third-order valence-electron chi connectivity index (χ3n) is 4.10. The van der Waals surface area contributed by atoms with Gasteiger partial charge in [0.15, 0.2) is 0 Å². The number of hydrogen-bond acceptors (Lipinski definition) is 4. The van der Waals surface area contributed by atoms with Crippen molar-refractivity contribution in [2.24, 2.45) is 0 Å². The maximum Gasteiger partial charge on any atom is 0.573 e. The molecule has 0 aliphatic carbocycles. The molecule has 3 aromatic rings. The quantitative estimate of drug-likeness (QED) is 0.458. The fourth-order valence-electron chi connectivity index (χ4n) is 2.71. The summed E-state index contributed by atoms with van der Waals surface area (Å²) >= 11 is 3.28. The Balaban J connectivity index is 1.82. The van der Waals surface area contributed by atoms with Gasteiger partial charge in [-0.15, -0.1) is 13.2 Å². The first-order valence-electron chi connectivity index (χ1n) is 9.04. The Morgan fingerprint density at radius 1 is 0.938 bits per heavy atom. The number of carbonyl (C=O) groups excluding carboxylic acids is 1. The van der Waals surface area contributed by atoms with E-state index in [1.54, 1.807) is 42.5 Å². The molecule has 0 aromatic heterocycles. The number of anilines is 2. The lowest BCUT2D eigenvalue weighted by molar-refractivity contribution is -0.274. The van der Waals surface area contributed by atoms with E-state index >= 15 is 0 Å². The first-order chi connectivity index (χ1) is 15.0. The van der Waals surface area contributed by atoms with E-state index in [2.05, 4.69) is 26.0 Å². The molecule has 0 aliphatic rings. The van der Waals surface area contributed by atoms with E-state index < -0.39 is 34.6 Å². The first kappa shape index (κ1) is 23.6. The highest BCUT2D eigenvalue weighted by molar-refractivity contribution is 9.10. The molecule has 6 nitrogen and oxygen atoms in total. The number of nitrogens with one attached hydrogen (secondary N) is 1. The summed E-state index contributed by atoms with van der Waals surface area (Å²) < 4.78 is 68.7. The molecule has 0 saturated carbocycles. The van der Waals surface area contributed by atoms with Crippen LogP contribution < -0.4 is 14.4 Å². The van der Waals surface area contributed by atoms with E-state index in [-0.39, 0.29) is 16.3 Å². The molecule has 0 bridgehead atoms. The van der Waals surface area contributed by atoms with Crippen LogP contribution in [-0.2, 0) is 14.8 Å². The molecule has 0 saturated heterocycles. The second kappa shape index (κ2) is 9.61. The predicted octanol–water partition coefficient (Wildman–Crippen LogP) is 5.18. The molecule has 32 heavy (non-hydrogen) atoms. The molecule has 0 heterocycles. The Hall–Kier alpha value is -3.05. The van der Waals surface area contributed by atoms with Gasteiger partial charge in [-0.05, 0) is 60.7 Å². The Morgan fingerprint density at radius 2 is 1.53 bits per heavy atom. The SMILES string of the molecule is O=C(CN(c1ccc(Br)cc1)S(=O)(=O)c1ccccc1)Nc1ccc(OC(F)(F)F)cc1. The van der Waals surface area contributed by atoms with Crippen LogP contribution >= 0.6 is 15.9 Å². The van der Waals surface area contributed by atoms with Crippen LogP contribution in [0.4, 0.5) is 24.5 Å². The minimum atomic E-state index is -4.83. The summed E-state index contributed by atoms with van der Waals surface area (Å²) in [5, 5.41) is 2.48. The molecule has 1 amide bonds. The number of carbonyl (C=O) groups is 1. The van der Waals surface area contributed by atoms with Crippen molar-refractivity contribution in [1.82, 2.24) is 0 Å². The first-order valence-corrected chi connectivity index (χ1v) is 11.3. The van der Waals surface area contributed by atoms with Crippen LogP contribution in [0.25, 0.3) is 0 Å². The smallest absolute Gasteiger partial charge is 0.406 e. The summed E-state index contributed by atoms with van der Waals surface area (Å²) in [5.41, 5.74) is 0.443. The van der Waals surface area contributed by atoms with E-state index in [1.807, 2.05) is 0 Å². The molecule has 3 aromatic carbocycles. The van der Waals surface area contributed by atoms with Crippen LogP contribution in [-0.4, -0.2) is 27.2 Å². The van der Waals surface area contributed by atoms with Gasteiger partial charge in [0.1, 0.15) is 12.3 Å². The Labute approximate surface area is 190 Å². The lowest BCUT2D eigenvalue weighted by Crippen LogP contribution is -2.38. The van der Waals surface area contributed by atoms with Crippen molar-refractivity contribution in [3.05, 3.63) is 83.3 Å². The largest absolute Gasteiger partial charge is 0.573 e. The maximum atomic E-state index is 13.2. The van der Waals surface area contributed by atoms with E-state index in [0.717, 1.165) is 20.9 Å². The third-order valence-corrected chi connectivity index (χ3v) is 6.42. The van der Waals surface area contributed by atoms with Gasteiger partial charge in [-0.3, -0.25) is 9.10 Å². The van der Waals surface area contributed by atoms with Crippen molar-refractivity contribution in [2.45, 2.75) is 11.3 Å². The van der Waals surface area contributed by atoms with Crippen molar-refractivity contribution in [3.63, 3.8) is 0 Å². The van der Waals surface area contributed by atoms with Gasteiger partial charge in [-0.25, -0.2) is 8.42 Å². The molecule has 168 valence electrons. The molecule has 0 radical (unpaired) electrons. The molecule has 11 heteroatoms. The standard InChI is InChI=1S/C21H16BrF3N2O4S/c22-15-6-10-17(11-7-15)27(32(29,30)19-4-2-1-3-5-19)14-20(28)26-16-8-12-18(13-9-16)31-21(23,24)25/h1-13H,14H2,(H,26,28). The highest BCUT2D eigenvalue weighted by Crippen LogP contribution is 2.26. The average Bonchev–Trinajstić information content (AvgIpc) is 2.74. The number of alkyl halides is 3. The molecule has 3 rings (SSSR count). The molecule has 1 N–H and O–H groups in total. The third kappa shape index (κ3) is 6.24. The number of hydrogen-bond donors (Lipinski definition) is 1. The minimum absolute atomic E-state index is 0.00405. The molecule has 0 aliphatic heterocycles. The maximum absolute atomic E-state index is 13.2. The lowest BCUT2D eigenvalue weighted by Gasteiger charge is -2.24. The van der Waals surface area contributed by atoms with Crippen molar-refractivity contribution in [3.8, 4) is 5.75 Å². The van der Waals surface area contributed by atoms with E-state index in [1.165, 1.54) is 24.3 Å². The Bertz CT molecular complexity index is 1170. The highest BCUT2D eigenvalue weighted by atomic mass is 79.9. The number of nitrogens with zero attached hydrogens (tertiary/aromatic N) is 1. The zero-order valence-corrected chi connectivity index (χ0v) is 18.6. The van der Waals surface area contributed by atoms with E-state index in [0.29, 0.717) is 0 Å². The fourth-order valence-corrected chi connectivity index (χ4v) is 4.42. The number of halogens is 4. The molecule has 0 fully saturated rings. The number of rotatable bonds is 7. The van der Waals surface area contributed by atoms with Gasteiger partial charge in [-0.1, -0.05) is 34.1 Å². The van der Waals surface area contributed by atoms with Gasteiger partial charge in [0, 0.05) is 10.2 Å². The summed E-state index contributed by atoms with van der Waals surface area (Å²) in [6, 6.07) is 18.5. The van der Waals surface area contributed by atoms with Gasteiger partial charge in [0.25, 0.3) is 10.0 Å². The van der Waals surface area contributed by atoms with Crippen LogP contribution in [0, 0.1) is 0 Å². The Kier molecular flexibility index (Phi) is 7.09. The van der Waals surface area contributed by atoms with Crippen molar-refractivity contribution in [2.75, 3.05) is 16.2 Å².